The van der Waals surface area contributed by atoms with Crippen molar-refractivity contribution in [3.05, 3.63) is 30.3 Å². The highest BCUT2D eigenvalue weighted by Gasteiger charge is 2.19. The first kappa shape index (κ1) is 6.68. The Balaban J connectivity index is 1.95. The van der Waals surface area contributed by atoms with E-state index in [2.05, 4.69) is 5.32 Å². The quantitative estimate of drug-likeness (QED) is 0.615. The van der Waals surface area contributed by atoms with Crippen LogP contribution in [0.25, 0.3) is 0 Å². The Morgan fingerprint density at radius 2 is 1.91 bits per heavy atom. The van der Waals surface area contributed by atoms with Gasteiger partial charge in [-0.15, -0.1) is 0 Å². The maximum atomic E-state index is 5.56. The van der Waals surface area contributed by atoms with Gasteiger partial charge in [-0.1, -0.05) is 18.2 Å². The van der Waals surface area contributed by atoms with Gasteiger partial charge in [-0.05, 0) is 12.1 Å². The number of hydrogen-bond acceptors (Lipinski definition) is 1. The summed E-state index contributed by atoms with van der Waals surface area (Å²) < 4.78 is 5.56. The molecule has 0 saturated carbocycles. The van der Waals surface area contributed by atoms with Crippen LogP contribution < -0.4 is 10.1 Å². The Morgan fingerprint density at radius 1 is 1.18 bits per heavy atom. The molecule has 0 atom stereocenters. The summed E-state index contributed by atoms with van der Waals surface area (Å²) in [5, 5.41) is 4.07. The van der Waals surface area contributed by atoms with E-state index < -0.39 is 0 Å². The van der Waals surface area contributed by atoms with Crippen molar-refractivity contribution in [2.24, 2.45) is 0 Å². The molecule has 2 nitrogen and oxygen atoms in total. The van der Waals surface area contributed by atoms with E-state index in [1.165, 1.54) is 0 Å². The maximum Gasteiger partial charge on any atom is 0.127 e. The predicted molar refractivity (Wildman–Crippen MR) is 42.7 cm³/mol. The van der Waals surface area contributed by atoms with Crippen LogP contribution in [0.1, 0.15) is 0 Å². The van der Waals surface area contributed by atoms with Gasteiger partial charge >= 0.3 is 0 Å². The van der Waals surface area contributed by atoms with Crippen molar-refractivity contribution in [1.29, 1.82) is 0 Å². The van der Waals surface area contributed by atoms with Gasteiger partial charge in [0.1, 0.15) is 11.9 Å². The monoisotopic (exact) mass is 148 g/mol. The standard InChI is InChI=1S/C9H10NO/c1-2-4-8(5-3-1)11-9-6-10-7-9/h1-5,9H,6-7H2. The van der Waals surface area contributed by atoms with Crippen LogP contribution in [0.5, 0.6) is 5.75 Å². The van der Waals surface area contributed by atoms with Gasteiger partial charge in [-0.3, -0.25) is 0 Å². The van der Waals surface area contributed by atoms with Crippen LogP contribution in [0.4, 0.5) is 0 Å². The average Bonchev–Trinajstić information content (AvgIpc) is 1.99. The summed E-state index contributed by atoms with van der Waals surface area (Å²) in [6.07, 6.45) is 0.331. The maximum absolute atomic E-state index is 5.56. The number of rotatable bonds is 2. The van der Waals surface area contributed by atoms with Crippen molar-refractivity contribution in [3.63, 3.8) is 0 Å². The van der Waals surface area contributed by atoms with Crippen LogP contribution in [-0.2, 0) is 0 Å². The molecule has 1 heterocycles. The van der Waals surface area contributed by atoms with Crippen LogP contribution in [0, 0.1) is 0 Å². The van der Waals surface area contributed by atoms with Crippen LogP contribution in [0.3, 0.4) is 0 Å². The second kappa shape index (κ2) is 2.93. The van der Waals surface area contributed by atoms with E-state index in [1.807, 2.05) is 30.3 Å². The van der Waals surface area contributed by atoms with Crippen molar-refractivity contribution < 1.29 is 4.74 Å². The summed E-state index contributed by atoms with van der Waals surface area (Å²) >= 11 is 0. The van der Waals surface area contributed by atoms with E-state index in [4.69, 9.17) is 4.74 Å². The molecule has 0 amide bonds. The highest BCUT2D eigenvalue weighted by atomic mass is 16.5. The zero-order valence-electron chi connectivity index (χ0n) is 6.23. The normalized spacial score (nSPS) is 17.5. The van der Waals surface area contributed by atoms with Crippen molar-refractivity contribution in [1.82, 2.24) is 5.32 Å². The molecule has 11 heavy (non-hydrogen) atoms. The van der Waals surface area contributed by atoms with E-state index in [1.54, 1.807) is 0 Å². The number of benzene rings is 1. The van der Waals surface area contributed by atoms with Crippen LogP contribution in [0.2, 0.25) is 0 Å². The fourth-order valence-electron chi connectivity index (χ4n) is 1.00. The Morgan fingerprint density at radius 3 is 2.45 bits per heavy atom. The Bertz CT molecular complexity index is 218. The largest absolute Gasteiger partial charge is 0.488 e. The first-order valence-electron chi connectivity index (χ1n) is 3.80. The summed E-state index contributed by atoms with van der Waals surface area (Å²) in [5.74, 6) is 0.951. The van der Waals surface area contributed by atoms with Crippen molar-refractivity contribution >= 4 is 0 Å². The van der Waals surface area contributed by atoms with E-state index in [0.717, 1.165) is 18.8 Å². The van der Waals surface area contributed by atoms with Crippen molar-refractivity contribution in [2.45, 2.75) is 6.10 Å². The molecule has 2 rings (SSSR count). The number of ether oxygens (including phenoxy) is 1. The molecule has 0 bridgehead atoms. The summed E-state index contributed by atoms with van der Waals surface area (Å²) in [4.78, 5) is 0. The zero-order valence-corrected chi connectivity index (χ0v) is 6.23. The third-order valence-electron chi connectivity index (χ3n) is 1.71. The first-order chi connectivity index (χ1) is 5.45. The van der Waals surface area contributed by atoms with Crippen molar-refractivity contribution in [3.8, 4) is 5.75 Å². The molecule has 0 N–H and O–H groups in total. The number of para-hydroxylation sites is 1. The lowest BCUT2D eigenvalue weighted by atomic mass is 10.2. The minimum Gasteiger partial charge on any atom is -0.488 e. The third kappa shape index (κ3) is 1.52. The Kier molecular flexibility index (Phi) is 1.78. The zero-order chi connectivity index (χ0) is 7.52. The van der Waals surface area contributed by atoms with Gasteiger partial charge < -0.3 is 4.74 Å². The van der Waals surface area contributed by atoms with Crippen LogP contribution in [0.15, 0.2) is 30.3 Å². The van der Waals surface area contributed by atoms with E-state index in [9.17, 15) is 0 Å². The molecule has 0 aromatic heterocycles. The molecule has 1 radical (unpaired) electrons. The predicted octanol–water partition coefficient (Wildman–Crippen LogP) is 1.05. The summed E-state index contributed by atoms with van der Waals surface area (Å²) in [6, 6.07) is 9.88. The molecule has 0 aliphatic carbocycles. The highest BCUT2D eigenvalue weighted by Crippen LogP contribution is 2.12. The summed E-state index contributed by atoms with van der Waals surface area (Å²) in [7, 11) is 0. The van der Waals surface area contributed by atoms with E-state index >= 15 is 0 Å². The second-order valence-electron chi connectivity index (χ2n) is 2.64. The fourth-order valence-corrected chi connectivity index (χ4v) is 1.00. The molecular weight excluding hydrogens is 138 g/mol. The van der Waals surface area contributed by atoms with Crippen molar-refractivity contribution in [2.75, 3.05) is 13.1 Å². The number of hydrogen-bond donors (Lipinski definition) is 0. The highest BCUT2D eigenvalue weighted by molar-refractivity contribution is 5.21. The van der Waals surface area contributed by atoms with Crippen LogP contribution in [-0.4, -0.2) is 19.2 Å². The lowest BCUT2D eigenvalue weighted by molar-refractivity contribution is 0.139. The van der Waals surface area contributed by atoms with Gasteiger partial charge in [0.15, 0.2) is 0 Å². The SMILES string of the molecule is c1ccc(OC2C[N]C2)cc1. The minimum atomic E-state index is 0.331. The molecule has 0 unspecified atom stereocenters. The molecule has 1 aromatic rings. The first-order valence-corrected chi connectivity index (χ1v) is 3.80. The molecule has 0 spiro atoms. The third-order valence-corrected chi connectivity index (χ3v) is 1.71. The molecule has 1 saturated heterocycles. The minimum absolute atomic E-state index is 0.331. The summed E-state index contributed by atoms with van der Waals surface area (Å²) in [5.41, 5.74) is 0. The molecular formula is C9H10NO. The molecule has 1 aliphatic heterocycles. The molecule has 1 aromatic carbocycles. The topological polar surface area (TPSA) is 23.3 Å². The van der Waals surface area contributed by atoms with Gasteiger partial charge in [0.05, 0.1) is 13.1 Å². The van der Waals surface area contributed by atoms with Gasteiger partial charge in [-0.25, -0.2) is 5.32 Å². The molecule has 57 valence electrons. The smallest absolute Gasteiger partial charge is 0.127 e. The molecule has 1 aliphatic rings. The van der Waals surface area contributed by atoms with Gasteiger partial charge in [-0.2, -0.15) is 0 Å². The van der Waals surface area contributed by atoms with Crippen LogP contribution >= 0.6 is 0 Å². The average molecular weight is 148 g/mol. The second-order valence-corrected chi connectivity index (χ2v) is 2.64. The van der Waals surface area contributed by atoms with Gasteiger partial charge in [0.2, 0.25) is 0 Å². The molecule has 2 heteroatoms. The van der Waals surface area contributed by atoms with Gasteiger partial charge in [0, 0.05) is 0 Å². The van der Waals surface area contributed by atoms with E-state index in [0.29, 0.717) is 6.10 Å². The Labute approximate surface area is 66.2 Å². The molecule has 1 fully saturated rings. The Hall–Kier alpha value is -1.02. The number of nitrogens with zero attached hydrogens (tertiary/aromatic N) is 1. The fraction of sp³-hybridized carbons (Fsp3) is 0.333. The summed E-state index contributed by atoms with van der Waals surface area (Å²) in [6.45, 7) is 1.71. The van der Waals surface area contributed by atoms with Gasteiger partial charge in [0.25, 0.3) is 0 Å². The lowest BCUT2D eigenvalue weighted by Crippen LogP contribution is -2.45. The lowest BCUT2D eigenvalue weighted by Gasteiger charge is -2.25. The van der Waals surface area contributed by atoms with E-state index in [-0.39, 0.29) is 0 Å².